The van der Waals surface area contributed by atoms with Crippen LogP contribution in [-0.4, -0.2) is 26.2 Å². The van der Waals surface area contributed by atoms with Gasteiger partial charge in [0.1, 0.15) is 0 Å². The van der Waals surface area contributed by atoms with Crippen molar-refractivity contribution in [3.8, 4) is 0 Å². The molecule has 0 aromatic heterocycles. The standard InChI is InChI=1S/C24H38N2/c1-2-18(14-26-16-24-12-20-6-8-22(24)10-20)4-3-17(1)13-25-15-23-11-19-5-7-21(23)9-19/h5-8,17-26H,1-4,9-16H2. The van der Waals surface area contributed by atoms with Crippen molar-refractivity contribution >= 4 is 0 Å². The van der Waals surface area contributed by atoms with Gasteiger partial charge >= 0.3 is 0 Å². The molecule has 3 saturated carbocycles. The molecule has 0 radical (unpaired) electrons. The summed E-state index contributed by atoms with van der Waals surface area (Å²) in [6.07, 6.45) is 21.5. The molecule has 0 spiro atoms. The SMILES string of the molecule is C1=CC2CC1CC2CNCC1CCC(CNCC2CC3C=CC2C3)CC1. The van der Waals surface area contributed by atoms with Gasteiger partial charge in [0, 0.05) is 0 Å². The van der Waals surface area contributed by atoms with E-state index in [0.29, 0.717) is 0 Å². The average Bonchev–Trinajstić information content (AvgIpc) is 3.45. The lowest BCUT2D eigenvalue weighted by molar-refractivity contribution is 0.252. The van der Waals surface area contributed by atoms with Gasteiger partial charge in [-0.3, -0.25) is 0 Å². The Bertz CT molecular complexity index is 482. The van der Waals surface area contributed by atoms with Gasteiger partial charge in [-0.25, -0.2) is 0 Å². The molecule has 0 saturated heterocycles. The fourth-order valence-electron chi connectivity index (χ4n) is 6.84. The van der Waals surface area contributed by atoms with Crippen LogP contribution >= 0.6 is 0 Å². The summed E-state index contributed by atoms with van der Waals surface area (Å²) >= 11 is 0. The van der Waals surface area contributed by atoms with Crippen LogP contribution in [-0.2, 0) is 0 Å². The van der Waals surface area contributed by atoms with E-state index in [1.165, 1.54) is 77.5 Å². The van der Waals surface area contributed by atoms with E-state index in [1.807, 2.05) is 0 Å². The topological polar surface area (TPSA) is 24.1 Å². The monoisotopic (exact) mass is 354 g/mol. The van der Waals surface area contributed by atoms with Gasteiger partial charge in [0.15, 0.2) is 0 Å². The normalized spacial score (nSPS) is 45.8. The molecule has 26 heavy (non-hydrogen) atoms. The van der Waals surface area contributed by atoms with Crippen LogP contribution in [0.2, 0.25) is 0 Å². The molecule has 6 unspecified atom stereocenters. The molecule has 144 valence electrons. The van der Waals surface area contributed by atoms with E-state index in [-0.39, 0.29) is 0 Å². The maximum absolute atomic E-state index is 3.84. The lowest BCUT2D eigenvalue weighted by Gasteiger charge is -2.30. The van der Waals surface area contributed by atoms with Crippen LogP contribution in [0.15, 0.2) is 24.3 Å². The number of hydrogen-bond acceptors (Lipinski definition) is 2. The molecule has 5 aliphatic rings. The first-order valence-electron chi connectivity index (χ1n) is 11.6. The van der Waals surface area contributed by atoms with E-state index in [4.69, 9.17) is 0 Å². The van der Waals surface area contributed by atoms with Crippen LogP contribution < -0.4 is 10.6 Å². The van der Waals surface area contributed by atoms with Crippen LogP contribution in [0.4, 0.5) is 0 Å². The van der Waals surface area contributed by atoms with E-state index in [2.05, 4.69) is 34.9 Å². The minimum absolute atomic E-state index is 0.903. The molecule has 2 nitrogen and oxygen atoms in total. The minimum atomic E-state index is 0.903. The van der Waals surface area contributed by atoms with Crippen molar-refractivity contribution in [1.29, 1.82) is 0 Å². The van der Waals surface area contributed by atoms with Gasteiger partial charge in [0.05, 0.1) is 0 Å². The molecule has 5 aliphatic carbocycles. The molecule has 6 atom stereocenters. The zero-order chi connectivity index (χ0) is 17.3. The van der Waals surface area contributed by atoms with Gasteiger partial charge in [0.2, 0.25) is 0 Å². The first-order valence-corrected chi connectivity index (χ1v) is 11.6. The van der Waals surface area contributed by atoms with Crippen LogP contribution in [0.5, 0.6) is 0 Å². The minimum Gasteiger partial charge on any atom is -0.316 e. The molecule has 5 rings (SSSR count). The Labute approximate surface area is 160 Å². The predicted octanol–water partition coefficient (Wildman–Crippen LogP) is 4.40. The van der Waals surface area contributed by atoms with E-state index in [9.17, 15) is 0 Å². The summed E-state index contributed by atoms with van der Waals surface area (Å²) in [5.41, 5.74) is 0. The van der Waals surface area contributed by atoms with Gasteiger partial charge in [-0.2, -0.15) is 0 Å². The molecule has 0 heterocycles. The Morgan fingerprint density at radius 3 is 1.35 bits per heavy atom. The Hall–Kier alpha value is -0.600. The van der Waals surface area contributed by atoms with Gasteiger partial charge in [-0.1, -0.05) is 24.3 Å². The number of rotatable bonds is 8. The van der Waals surface area contributed by atoms with Crippen LogP contribution in [0.1, 0.15) is 51.4 Å². The molecule has 0 aromatic rings. The lowest BCUT2D eigenvalue weighted by atomic mass is 9.81. The number of nitrogens with one attached hydrogen (secondary N) is 2. The Morgan fingerprint density at radius 1 is 0.538 bits per heavy atom. The first kappa shape index (κ1) is 17.5. The summed E-state index contributed by atoms with van der Waals surface area (Å²) < 4.78 is 0. The highest BCUT2D eigenvalue weighted by atomic mass is 14.9. The zero-order valence-corrected chi connectivity index (χ0v) is 16.4. The maximum atomic E-state index is 3.84. The van der Waals surface area contributed by atoms with Crippen molar-refractivity contribution in [2.75, 3.05) is 26.2 Å². The van der Waals surface area contributed by atoms with Gasteiger partial charge in [-0.15, -0.1) is 0 Å². The highest BCUT2D eigenvalue weighted by Gasteiger charge is 2.36. The number of fused-ring (bicyclic) bond motifs is 4. The Morgan fingerprint density at radius 2 is 1.00 bits per heavy atom. The van der Waals surface area contributed by atoms with E-state index < -0.39 is 0 Å². The van der Waals surface area contributed by atoms with E-state index >= 15 is 0 Å². The fourth-order valence-corrected chi connectivity index (χ4v) is 6.84. The van der Waals surface area contributed by atoms with Crippen molar-refractivity contribution < 1.29 is 0 Å². The maximum Gasteiger partial charge on any atom is -0.00146 e. The van der Waals surface area contributed by atoms with Gasteiger partial charge in [-0.05, 0) is 125 Å². The van der Waals surface area contributed by atoms with Crippen LogP contribution in [0.25, 0.3) is 0 Å². The van der Waals surface area contributed by atoms with Crippen LogP contribution in [0, 0.1) is 47.3 Å². The van der Waals surface area contributed by atoms with E-state index in [1.54, 1.807) is 0 Å². The number of hydrogen-bond donors (Lipinski definition) is 2. The van der Waals surface area contributed by atoms with E-state index in [0.717, 1.165) is 47.3 Å². The second-order valence-electron chi connectivity index (χ2n) is 10.3. The van der Waals surface area contributed by atoms with Crippen molar-refractivity contribution in [3.63, 3.8) is 0 Å². The molecule has 3 fully saturated rings. The molecular formula is C24H38N2. The summed E-state index contributed by atoms with van der Waals surface area (Å²) in [4.78, 5) is 0. The van der Waals surface area contributed by atoms with Crippen molar-refractivity contribution in [2.45, 2.75) is 51.4 Å². The van der Waals surface area contributed by atoms with Crippen molar-refractivity contribution in [3.05, 3.63) is 24.3 Å². The van der Waals surface area contributed by atoms with Gasteiger partial charge < -0.3 is 10.6 Å². The third-order valence-electron chi connectivity index (χ3n) is 8.48. The summed E-state index contributed by atoms with van der Waals surface area (Å²) in [5, 5.41) is 7.67. The third-order valence-corrected chi connectivity index (χ3v) is 8.48. The molecule has 0 amide bonds. The average molecular weight is 355 g/mol. The quantitative estimate of drug-likeness (QED) is 0.632. The second kappa shape index (κ2) is 7.80. The highest BCUT2D eigenvalue weighted by Crippen LogP contribution is 2.44. The second-order valence-corrected chi connectivity index (χ2v) is 10.3. The largest absolute Gasteiger partial charge is 0.316 e. The summed E-state index contributed by atoms with van der Waals surface area (Å²) in [5.74, 6) is 7.40. The summed E-state index contributed by atoms with van der Waals surface area (Å²) in [6, 6.07) is 0. The Kier molecular flexibility index (Phi) is 5.25. The smallest absolute Gasteiger partial charge is 0.00146 e. The van der Waals surface area contributed by atoms with Gasteiger partial charge in [0.25, 0.3) is 0 Å². The third kappa shape index (κ3) is 3.83. The molecule has 0 aromatic carbocycles. The Balaban J connectivity index is 0.935. The fraction of sp³-hybridized carbons (Fsp3) is 0.833. The van der Waals surface area contributed by atoms with Crippen molar-refractivity contribution in [1.82, 2.24) is 10.6 Å². The summed E-state index contributed by atoms with van der Waals surface area (Å²) in [7, 11) is 0. The predicted molar refractivity (Wildman–Crippen MR) is 109 cm³/mol. The van der Waals surface area contributed by atoms with Crippen LogP contribution in [0.3, 0.4) is 0 Å². The molecule has 4 bridgehead atoms. The molecule has 0 aliphatic heterocycles. The molecule has 2 N–H and O–H groups in total. The lowest BCUT2D eigenvalue weighted by Crippen LogP contribution is -2.34. The summed E-state index contributed by atoms with van der Waals surface area (Å²) in [6.45, 7) is 5.08. The molecular weight excluding hydrogens is 316 g/mol. The zero-order valence-electron chi connectivity index (χ0n) is 16.4. The molecule has 2 heteroatoms. The van der Waals surface area contributed by atoms with Crippen molar-refractivity contribution in [2.24, 2.45) is 47.3 Å². The highest BCUT2D eigenvalue weighted by molar-refractivity contribution is 5.11. The first-order chi connectivity index (χ1) is 12.8. The number of allylic oxidation sites excluding steroid dienone is 4.